The van der Waals surface area contributed by atoms with Crippen molar-refractivity contribution in [2.24, 2.45) is 0 Å². The third kappa shape index (κ3) is 1.81. The lowest BCUT2D eigenvalue weighted by molar-refractivity contribution is -0.117. The molecule has 3 N–H and O–H groups in total. The molecule has 3 heterocycles. The van der Waals surface area contributed by atoms with Gasteiger partial charge in [0.1, 0.15) is 18.2 Å². The summed E-state index contributed by atoms with van der Waals surface area (Å²) < 4.78 is 0. The summed E-state index contributed by atoms with van der Waals surface area (Å²) >= 11 is 0. The molecule has 1 aromatic carbocycles. The van der Waals surface area contributed by atoms with Gasteiger partial charge in [0.15, 0.2) is 0 Å². The second-order valence-electron chi connectivity index (χ2n) is 5.19. The Bertz CT molecular complexity index is 717. The number of aromatic nitrogens is 3. The predicted octanol–water partition coefficient (Wildman–Crippen LogP) is 1.85. The van der Waals surface area contributed by atoms with Gasteiger partial charge in [0.05, 0.1) is 23.5 Å². The number of hydrogen-bond donors (Lipinski definition) is 3. The van der Waals surface area contributed by atoms with Gasteiger partial charge in [-0.05, 0) is 24.1 Å². The van der Waals surface area contributed by atoms with Crippen molar-refractivity contribution in [3.8, 4) is 0 Å². The number of rotatable bonds is 2. The van der Waals surface area contributed by atoms with Crippen molar-refractivity contribution in [1.29, 1.82) is 0 Å². The van der Waals surface area contributed by atoms with E-state index in [1.165, 1.54) is 6.33 Å². The lowest BCUT2D eigenvalue weighted by Gasteiger charge is -2.10. The molecule has 2 aliphatic rings. The van der Waals surface area contributed by atoms with Gasteiger partial charge in [0.2, 0.25) is 5.91 Å². The first-order valence-electron chi connectivity index (χ1n) is 6.90. The predicted molar refractivity (Wildman–Crippen MR) is 77.9 cm³/mol. The van der Waals surface area contributed by atoms with Gasteiger partial charge in [0.25, 0.3) is 0 Å². The van der Waals surface area contributed by atoms with E-state index in [4.69, 9.17) is 0 Å². The van der Waals surface area contributed by atoms with Gasteiger partial charge in [-0.2, -0.15) is 5.10 Å². The number of nitrogens with one attached hydrogen (secondary N) is 3. The molecule has 0 saturated carbocycles. The molecule has 7 nitrogen and oxygen atoms in total. The van der Waals surface area contributed by atoms with Crippen molar-refractivity contribution in [3.05, 3.63) is 35.9 Å². The summed E-state index contributed by atoms with van der Waals surface area (Å²) in [4.78, 5) is 16.1. The largest absolute Gasteiger partial charge is 0.359 e. The van der Waals surface area contributed by atoms with Crippen LogP contribution >= 0.6 is 0 Å². The molecule has 0 bridgehead atoms. The minimum atomic E-state index is -0.131. The summed E-state index contributed by atoms with van der Waals surface area (Å²) in [6.45, 7) is 2.02. The van der Waals surface area contributed by atoms with Crippen LogP contribution in [0.3, 0.4) is 0 Å². The maximum Gasteiger partial charge on any atom is 0.231 e. The molecule has 4 rings (SSSR count). The van der Waals surface area contributed by atoms with Gasteiger partial charge in [-0.3, -0.25) is 4.79 Å². The van der Waals surface area contributed by atoms with Crippen LogP contribution in [0.25, 0.3) is 0 Å². The smallest absolute Gasteiger partial charge is 0.231 e. The van der Waals surface area contributed by atoms with Crippen molar-refractivity contribution in [2.45, 2.75) is 25.4 Å². The molecule has 2 aromatic rings. The molecule has 0 radical (unpaired) electrons. The Kier molecular flexibility index (Phi) is 2.53. The molecule has 0 aliphatic carbocycles. The first kappa shape index (κ1) is 12.1. The molecule has 0 spiro atoms. The molecular weight excluding hydrogens is 268 g/mol. The van der Waals surface area contributed by atoms with Gasteiger partial charge in [-0.15, -0.1) is 5.10 Å². The summed E-state index contributed by atoms with van der Waals surface area (Å²) in [5.41, 5.74) is 4.65. The van der Waals surface area contributed by atoms with Crippen LogP contribution in [-0.4, -0.2) is 21.1 Å². The zero-order chi connectivity index (χ0) is 14.4. The number of carbonyl (C=O) groups excluding carboxylic acids is 1. The highest BCUT2D eigenvalue weighted by molar-refractivity contribution is 6.04. The molecule has 2 aliphatic heterocycles. The van der Waals surface area contributed by atoms with E-state index in [1.807, 2.05) is 19.1 Å². The Morgan fingerprint density at radius 3 is 2.67 bits per heavy atom. The quantitative estimate of drug-likeness (QED) is 0.778. The fourth-order valence-corrected chi connectivity index (χ4v) is 2.91. The van der Waals surface area contributed by atoms with Crippen LogP contribution in [0.4, 0.5) is 17.1 Å². The molecule has 2 atom stereocenters. The Labute approximate surface area is 121 Å². The fourth-order valence-electron chi connectivity index (χ4n) is 2.91. The van der Waals surface area contributed by atoms with E-state index in [0.717, 1.165) is 34.7 Å². The zero-order valence-electron chi connectivity index (χ0n) is 11.4. The Hall–Kier alpha value is -2.70. The van der Waals surface area contributed by atoms with Crippen LogP contribution in [-0.2, 0) is 4.79 Å². The number of carbonyl (C=O) groups is 1. The van der Waals surface area contributed by atoms with Crippen molar-refractivity contribution >= 4 is 23.0 Å². The first-order valence-corrected chi connectivity index (χ1v) is 6.90. The van der Waals surface area contributed by atoms with Gasteiger partial charge >= 0.3 is 0 Å². The van der Waals surface area contributed by atoms with Crippen LogP contribution in [0, 0.1) is 0 Å². The van der Waals surface area contributed by atoms with Crippen molar-refractivity contribution < 1.29 is 4.79 Å². The van der Waals surface area contributed by atoms with E-state index in [1.54, 1.807) is 6.20 Å². The highest BCUT2D eigenvalue weighted by atomic mass is 16.2. The van der Waals surface area contributed by atoms with Crippen LogP contribution in [0.15, 0.2) is 24.7 Å². The van der Waals surface area contributed by atoms with Crippen molar-refractivity contribution in [2.75, 3.05) is 16.0 Å². The summed E-state index contributed by atoms with van der Waals surface area (Å²) in [5, 5.41) is 17.2. The first-order chi connectivity index (χ1) is 10.3. The van der Waals surface area contributed by atoms with Gasteiger partial charge in [-0.25, -0.2) is 4.98 Å². The topological polar surface area (TPSA) is 91.8 Å². The lowest BCUT2D eigenvalue weighted by Crippen LogP contribution is -2.14. The number of anilines is 3. The standard InChI is InChI=1S/C14H14N6O/c1-2-7-8-3-10-11(4-9(8)20-14(7)21)19-13(18-10)12-5-16-17-6-15-12/h3-7,13,18-19H,2H2,1H3,(H,20,21). The van der Waals surface area contributed by atoms with Crippen LogP contribution in [0.1, 0.15) is 36.7 Å². The highest BCUT2D eigenvalue weighted by Gasteiger charge is 2.32. The Morgan fingerprint density at radius 2 is 1.95 bits per heavy atom. The fraction of sp³-hybridized carbons (Fsp3) is 0.286. The van der Waals surface area contributed by atoms with E-state index in [-0.39, 0.29) is 18.0 Å². The maximum atomic E-state index is 11.9. The van der Waals surface area contributed by atoms with E-state index in [9.17, 15) is 4.79 Å². The third-order valence-electron chi connectivity index (χ3n) is 3.96. The molecule has 106 valence electrons. The van der Waals surface area contributed by atoms with E-state index < -0.39 is 0 Å². The van der Waals surface area contributed by atoms with Crippen molar-refractivity contribution in [3.63, 3.8) is 0 Å². The summed E-state index contributed by atoms with van der Waals surface area (Å²) in [7, 11) is 0. The van der Waals surface area contributed by atoms with Crippen molar-refractivity contribution in [1.82, 2.24) is 15.2 Å². The van der Waals surface area contributed by atoms with Crippen LogP contribution < -0.4 is 16.0 Å². The number of benzene rings is 1. The maximum absolute atomic E-state index is 11.9. The monoisotopic (exact) mass is 282 g/mol. The van der Waals surface area contributed by atoms with Gasteiger partial charge < -0.3 is 16.0 Å². The minimum absolute atomic E-state index is 0.0631. The lowest BCUT2D eigenvalue weighted by atomic mass is 9.97. The third-order valence-corrected chi connectivity index (χ3v) is 3.96. The molecule has 7 heteroatoms. The van der Waals surface area contributed by atoms with E-state index in [2.05, 4.69) is 31.1 Å². The van der Waals surface area contributed by atoms with Crippen LogP contribution in [0.5, 0.6) is 0 Å². The molecule has 0 fully saturated rings. The van der Waals surface area contributed by atoms with Crippen LogP contribution in [0.2, 0.25) is 0 Å². The molecule has 1 aromatic heterocycles. The molecular formula is C14H14N6O. The number of nitrogens with zero attached hydrogens (tertiary/aromatic N) is 3. The molecule has 21 heavy (non-hydrogen) atoms. The minimum Gasteiger partial charge on any atom is -0.359 e. The molecule has 1 amide bonds. The number of hydrogen-bond acceptors (Lipinski definition) is 6. The molecule has 2 unspecified atom stereocenters. The summed E-state index contributed by atoms with van der Waals surface area (Å²) in [6.07, 6.45) is 3.72. The second-order valence-corrected chi connectivity index (χ2v) is 5.19. The number of amides is 1. The zero-order valence-corrected chi connectivity index (χ0v) is 11.4. The number of fused-ring (bicyclic) bond motifs is 2. The Balaban J connectivity index is 1.68. The normalized spacial score (nSPS) is 22.0. The second kappa shape index (κ2) is 4.41. The Morgan fingerprint density at radius 1 is 1.14 bits per heavy atom. The van der Waals surface area contributed by atoms with Gasteiger partial charge in [0, 0.05) is 5.69 Å². The molecule has 0 saturated heterocycles. The highest BCUT2D eigenvalue weighted by Crippen LogP contribution is 2.44. The SMILES string of the molecule is CCC1C(=O)Nc2cc3c(cc21)NC(c1cnncn1)N3. The summed E-state index contributed by atoms with van der Waals surface area (Å²) in [5.74, 6) is 0.0135. The van der Waals surface area contributed by atoms with E-state index >= 15 is 0 Å². The van der Waals surface area contributed by atoms with Gasteiger partial charge in [-0.1, -0.05) is 6.92 Å². The average Bonchev–Trinajstić information content (AvgIpc) is 3.04. The average molecular weight is 282 g/mol. The van der Waals surface area contributed by atoms with E-state index in [0.29, 0.717) is 0 Å². The summed E-state index contributed by atoms with van der Waals surface area (Å²) in [6, 6.07) is 4.01.